The van der Waals surface area contributed by atoms with Gasteiger partial charge in [-0.05, 0) is 25.0 Å². The Morgan fingerprint density at radius 1 is 1.13 bits per heavy atom. The number of nitrogens with zero attached hydrogens (tertiary/aromatic N) is 2. The quantitative estimate of drug-likeness (QED) is 0.605. The van der Waals surface area contributed by atoms with Crippen LogP contribution in [0.5, 0.6) is 0 Å². The molecule has 0 aliphatic carbocycles. The third kappa shape index (κ3) is 1.74. The lowest BCUT2D eigenvalue weighted by Gasteiger charge is -2.11. The second-order valence-corrected chi connectivity index (χ2v) is 3.80. The first-order chi connectivity index (χ1) is 6.95. The highest BCUT2D eigenvalue weighted by Crippen LogP contribution is 2.08. The molecule has 4 heteroatoms. The second kappa shape index (κ2) is 4.23. The Balaban J connectivity index is 0.000000853. The summed E-state index contributed by atoms with van der Waals surface area (Å²) in [5, 5.41) is 2.39. The maximum atomic E-state index is 3.29. The first-order valence-electron chi connectivity index (χ1n) is 5.18. The fourth-order valence-electron chi connectivity index (χ4n) is 2.15. The van der Waals surface area contributed by atoms with Gasteiger partial charge < -0.3 is 17.0 Å². The van der Waals surface area contributed by atoms with Gasteiger partial charge in [0.1, 0.15) is 0 Å². The van der Waals surface area contributed by atoms with E-state index in [1.54, 1.807) is 0 Å². The molecule has 0 amide bonds. The minimum atomic E-state index is 0. The number of H-pyrrole nitrogens is 1. The summed E-state index contributed by atoms with van der Waals surface area (Å²) in [6, 6.07) is 8.42. The zero-order valence-corrected chi connectivity index (χ0v) is 10.1. The highest BCUT2D eigenvalue weighted by atomic mass is 79.9. The Kier molecular flexibility index (Phi) is 2.95. The minimum absolute atomic E-state index is 0. The first-order valence-corrected chi connectivity index (χ1v) is 5.18. The Morgan fingerprint density at radius 3 is 2.67 bits per heavy atom. The van der Waals surface area contributed by atoms with Gasteiger partial charge >= 0.3 is 0 Å². The summed E-state index contributed by atoms with van der Waals surface area (Å²) in [5.41, 5.74) is 2.48. The van der Waals surface area contributed by atoms with Gasteiger partial charge in [-0.1, -0.05) is 12.1 Å². The number of aromatic nitrogens is 2. The van der Waals surface area contributed by atoms with Crippen molar-refractivity contribution in [2.24, 2.45) is 0 Å². The van der Waals surface area contributed by atoms with E-state index in [2.05, 4.69) is 45.3 Å². The fourth-order valence-corrected chi connectivity index (χ4v) is 2.15. The van der Waals surface area contributed by atoms with E-state index in [0.29, 0.717) is 0 Å². The maximum absolute atomic E-state index is 3.29. The summed E-state index contributed by atoms with van der Waals surface area (Å²) in [5.74, 6) is 0. The average Bonchev–Trinajstić information content (AvgIpc) is 2.85. The highest BCUT2D eigenvalue weighted by molar-refractivity contribution is 5.70. The van der Waals surface area contributed by atoms with Crippen LogP contribution in [0, 0.1) is 0 Å². The Hall–Kier alpha value is -1.03. The van der Waals surface area contributed by atoms with E-state index >= 15 is 0 Å². The van der Waals surface area contributed by atoms with Crippen molar-refractivity contribution >= 4 is 11.0 Å². The molecule has 1 fully saturated rings. The van der Waals surface area contributed by atoms with Gasteiger partial charge in [-0.3, -0.25) is 0 Å². The lowest BCUT2D eigenvalue weighted by Crippen LogP contribution is -3.00. The van der Waals surface area contributed by atoms with Gasteiger partial charge in [0, 0.05) is 0 Å². The van der Waals surface area contributed by atoms with E-state index in [1.807, 2.05) is 0 Å². The van der Waals surface area contributed by atoms with Crippen LogP contribution in [0.3, 0.4) is 0 Å². The van der Waals surface area contributed by atoms with E-state index in [4.69, 9.17) is 0 Å². The highest BCUT2D eigenvalue weighted by Gasteiger charge is 2.19. The van der Waals surface area contributed by atoms with Crippen molar-refractivity contribution in [2.75, 3.05) is 18.1 Å². The zero-order valence-electron chi connectivity index (χ0n) is 8.49. The monoisotopic (exact) mass is 267 g/mol. The largest absolute Gasteiger partial charge is 1.00 e. The van der Waals surface area contributed by atoms with Crippen LogP contribution in [-0.2, 0) is 0 Å². The van der Waals surface area contributed by atoms with Gasteiger partial charge in [0.2, 0.25) is 0 Å². The molecule has 0 bridgehead atoms. The van der Waals surface area contributed by atoms with Gasteiger partial charge in [-0.25, -0.2) is 9.99 Å². The molecule has 15 heavy (non-hydrogen) atoms. The number of halogens is 1. The number of para-hydroxylation sites is 2. The zero-order chi connectivity index (χ0) is 9.38. The lowest BCUT2D eigenvalue weighted by atomic mass is 10.3. The van der Waals surface area contributed by atoms with Gasteiger partial charge in [0.25, 0.3) is 6.33 Å². The molecule has 1 aromatic carbocycles. The smallest absolute Gasteiger partial charge is 0.266 e. The summed E-state index contributed by atoms with van der Waals surface area (Å²) in [4.78, 5) is 3.29. The van der Waals surface area contributed by atoms with Crippen LogP contribution >= 0.6 is 0 Å². The van der Waals surface area contributed by atoms with Crippen molar-refractivity contribution < 1.29 is 21.7 Å². The van der Waals surface area contributed by atoms with Crippen molar-refractivity contribution in [2.45, 2.75) is 12.8 Å². The summed E-state index contributed by atoms with van der Waals surface area (Å²) in [7, 11) is 0. The van der Waals surface area contributed by atoms with Crippen LogP contribution in [0.1, 0.15) is 12.8 Å². The Labute approximate surface area is 99.4 Å². The maximum Gasteiger partial charge on any atom is 0.266 e. The van der Waals surface area contributed by atoms with Crippen molar-refractivity contribution in [3.63, 3.8) is 0 Å². The van der Waals surface area contributed by atoms with Crippen LogP contribution < -0.4 is 26.7 Å². The molecule has 80 valence electrons. The SMILES string of the molecule is [Br-].c1ccc2c(c1)[nH]c[n+]2N1CCCC1. The second-order valence-electron chi connectivity index (χ2n) is 3.80. The van der Waals surface area contributed by atoms with Crippen LogP contribution in [0.25, 0.3) is 11.0 Å². The molecule has 3 nitrogen and oxygen atoms in total. The van der Waals surface area contributed by atoms with Gasteiger partial charge in [-0.15, -0.1) is 4.68 Å². The summed E-state index contributed by atoms with van der Waals surface area (Å²) >= 11 is 0. The molecular formula is C11H14BrN3. The minimum Gasteiger partial charge on any atom is -1.00 e. The number of fused-ring (bicyclic) bond motifs is 1. The predicted octanol–water partition coefficient (Wildman–Crippen LogP) is -1.81. The number of nitrogens with one attached hydrogen (secondary N) is 1. The van der Waals surface area contributed by atoms with E-state index in [0.717, 1.165) is 0 Å². The normalized spacial score (nSPS) is 15.6. The van der Waals surface area contributed by atoms with E-state index < -0.39 is 0 Å². The molecule has 0 radical (unpaired) electrons. The molecule has 1 saturated heterocycles. The molecular weight excluding hydrogens is 254 g/mol. The number of rotatable bonds is 1. The number of aromatic amines is 1. The van der Waals surface area contributed by atoms with E-state index in [1.165, 1.54) is 37.0 Å². The molecule has 1 aliphatic heterocycles. The fraction of sp³-hybridized carbons (Fsp3) is 0.364. The van der Waals surface area contributed by atoms with Crippen molar-refractivity contribution in [1.82, 2.24) is 4.98 Å². The lowest BCUT2D eigenvalue weighted by molar-refractivity contribution is -0.665. The molecule has 0 spiro atoms. The van der Waals surface area contributed by atoms with Crippen LogP contribution in [0.2, 0.25) is 0 Å². The van der Waals surface area contributed by atoms with Gasteiger partial charge in [0.15, 0.2) is 11.0 Å². The molecule has 2 aromatic rings. The topological polar surface area (TPSA) is 22.9 Å². The molecule has 0 atom stereocenters. The van der Waals surface area contributed by atoms with Gasteiger partial charge in [0.05, 0.1) is 13.1 Å². The third-order valence-electron chi connectivity index (χ3n) is 2.88. The molecule has 2 heterocycles. The summed E-state index contributed by atoms with van der Waals surface area (Å²) in [6.45, 7) is 2.35. The summed E-state index contributed by atoms with van der Waals surface area (Å²) in [6.07, 6.45) is 4.68. The van der Waals surface area contributed by atoms with E-state index in [-0.39, 0.29) is 17.0 Å². The number of benzene rings is 1. The first kappa shape index (κ1) is 10.5. The van der Waals surface area contributed by atoms with Gasteiger partial charge in [-0.2, -0.15) is 0 Å². The molecule has 1 N–H and O–H groups in total. The Morgan fingerprint density at radius 2 is 1.87 bits per heavy atom. The average molecular weight is 268 g/mol. The van der Waals surface area contributed by atoms with Crippen LogP contribution in [0.4, 0.5) is 0 Å². The standard InChI is InChI=1S/C11H13N3.BrH/c1-2-6-11-10(5-1)12-9-14(11)13-7-3-4-8-13;/h1-2,5-6,9H,3-4,7-8H2;1H. The van der Waals surface area contributed by atoms with Crippen molar-refractivity contribution in [1.29, 1.82) is 0 Å². The van der Waals surface area contributed by atoms with Crippen LogP contribution in [-0.4, -0.2) is 18.1 Å². The molecule has 0 saturated carbocycles. The van der Waals surface area contributed by atoms with E-state index in [9.17, 15) is 0 Å². The Bertz CT molecular complexity index is 446. The number of hydrogen-bond acceptors (Lipinski definition) is 1. The number of hydrogen-bond donors (Lipinski definition) is 1. The summed E-state index contributed by atoms with van der Waals surface area (Å²) < 4.78 is 2.24. The third-order valence-corrected chi connectivity index (χ3v) is 2.88. The van der Waals surface area contributed by atoms with Crippen LogP contribution in [0.15, 0.2) is 30.6 Å². The molecule has 1 aromatic heterocycles. The van der Waals surface area contributed by atoms with Crippen molar-refractivity contribution in [3.8, 4) is 0 Å². The molecule has 3 rings (SSSR count). The predicted molar refractivity (Wildman–Crippen MR) is 55.7 cm³/mol. The molecule has 0 unspecified atom stereocenters. The molecule has 1 aliphatic rings. The van der Waals surface area contributed by atoms with Crippen molar-refractivity contribution in [3.05, 3.63) is 30.6 Å². The number of imidazole rings is 1.